The van der Waals surface area contributed by atoms with Crippen molar-refractivity contribution in [3.8, 4) is 0 Å². The highest BCUT2D eigenvalue weighted by molar-refractivity contribution is 8.14. The molecule has 0 spiro atoms. The van der Waals surface area contributed by atoms with Crippen LogP contribution in [0.1, 0.15) is 70.4 Å². The van der Waals surface area contributed by atoms with E-state index >= 15 is 0 Å². The number of ether oxygens (including phenoxy) is 2. The maximum atomic E-state index is 14.3. The summed E-state index contributed by atoms with van der Waals surface area (Å²) in [5, 5.41) is 3.09. The predicted octanol–water partition coefficient (Wildman–Crippen LogP) is 7.88. The zero-order valence-electron chi connectivity index (χ0n) is 27.3. The van der Waals surface area contributed by atoms with Crippen LogP contribution in [0.4, 0.5) is 22.8 Å². The molecular formula is C34H38F3N4O5S+. The Bertz CT molecular complexity index is 1700. The van der Waals surface area contributed by atoms with E-state index in [0.29, 0.717) is 5.56 Å². The maximum Gasteiger partial charge on any atom is 0.553 e. The Kier molecular flexibility index (Phi) is 8.72. The molecule has 0 radical (unpaired) electrons. The standard InChI is InChI=1S/C34H38F3N4O5S/c1-31(2,3)45-29(43)41(30(44)46-32(4,5)6)26(16-21-8-12-25(13-9-21)34(35,36)37)19-40(41)28-39-33(7,20-42)27(47-28)23-10-11-24-18-38-15-14-22(24)17-23/h8-15,17-18,20,26-27H,16,19H2,1-7H3/q+1/t26-,27?,33?/m0/s1. The third-order valence-electron chi connectivity index (χ3n) is 7.91. The molecule has 2 amide bonds. The lowest BCUT2D eigenvalue weighted by atomic mass is 9.93. The second kappa shape index (κ2) is 11.9. The summed E-state index contributed by atoms with van der Waals surface area (Å²) in [6, 6.07) is 11.4. The molecule has 2 aliphatic rings. The molecule has 2 aromatic carbocycles. The first-order valence-electron chi connectivity index (χ1n) is 15.1. The number of quaternary nitrogens is 1. The summed E-state index contributed by atoms with van der Waals surface area (Å²) in [5.74, 6) is 0. The van der Waals surface area contributed by atoms with Gasteiger partial charge in [-0.1, -0.05) is 36.0 Å². The molecule has 5 rings (SSSR count). The number of nitrogens with zero attached hydrogens (tertiary/aromatic N) is 4. The molecule has 2 unspecified atom stereocenters. The van der Waals surface area contributed by atoms with E-state index in [1.54, 1.807) is 60.9 Å². The van der Waals surface area contributed by atoms with Crippen LogP contribution in [0, 0.1) is 0 Å². The highest BCUT2D eigenvalue weighted by Gasteiger charge is 2.71. The lowest BCUT2D eigenvalue weighted by Gasteiger charge is -2.53. The van der Waals surface area contributed by atoms with Crippen molar-refractivity contribution in [3.63, 3.8) is 0 Å². The first-order chi connectivity index (χ1) is 21.8. The minimum Gasteiger partial charge on any atom is -0.412 e. The summed E-state index contributed by atoms with van der Waals surface area (Å²) in [5.41, 5.74) is -2.77. The van der Waals surface area contributed by atoms with Crippen molar-refractivity contribution in [3.05, 3.63) is 77.6 Å². The summed E-state index contributed by atoms with van der Waals surface area (Å²) >= 11 is 1.25. The first-order valence-corrected chi connectivity index (χ1v) is 16.0. The van der Waals surface area contributed by atoms with Gasteiger partial charge in [-0.05, 0) is 93.8 Å². The Morgan fingerprint density at radius 1 is 0.979 bits per heavy atom. The van der Waals surface area contributed by atoms with Gasteiger partial charge in [0.05, 0.1) is 10.8 Å². The van der Waals surface area contributed by atoms with E-state index < -0.39 is 56.6 Å². The van der Waals surface area contributed by atoms with E-state index in [9.17, 15) is 27.6 Å². The number of fused-ring (bicyclic) bond motifs is 1. The molecule has 3 heterocycles. The third kappa shape index (κ3) is 6.73. The number of aromatic nitrogens is 1. The molecule has 9 nitrogen and oxygen atoms in total. The second-order valence-corrected chi connectivity index (χ2v) is 15.1. The number of hydrogen-bond donors (Lipinski definition) is 0. The number of halogens is 3. The minimum atomic E-state index is -4.51. The highest BCUT2D eigenvalue weighted by Crippen LogP contribution is 2.51. The lowest BCUT2D eigenvalue weighted by molar-refractivity contribution is -0.963. The molecule has 3 atom stereocenters. The van der Waals surface area contributed by atoms with E-state index in [4.69, 9.17) is 14.5 Å². The van der Waals surface area contributed by atoms with Crippen molar-refractivity contribution in [2.24, 2.45) is 4.99 Å². The minimum absolute atomic E-state index is 0.0537. The quantitative estimate of drug-likeness (QED) is 0.204. The molecule has 13 heteroatoms. The van der Waals surface area contributed by atoms with Gasteiger partial charge in [0, 0.05) is 24.2 Å². The molecule has 47 heavy (non-hydrogen) atoms. The molecule has 1 aromatic heterocycles. The number of thioether (sulfide) groups is 1. The summed E-state index contributed by atoms with van der Waals surface area (Å²) in [4.78, 5) is 50.2. The number of aliphatic imine (C=N–C) groups is 1. The van der Waals surface area contributed by atoms with Crippen LogP contribution in [-0.2, 0) is 26.9 Å². The van der Waals surface area contributed by atoms with Crippen LogP contribution < -0.4 is 0 Å². The van der Waals surface area contributed by atoms with E-state index in [1.165, 1.54) is 28.9 Å². The monoisotopic (exact) mass is 671 g/mol. The zero-order valence-corrected chi connectivity index (χ0v) is 28.1. The van der Waals surface area contributed by atoms with Gasteiger partial charge in [0.2, 0.25) is 5.17 Å². The van der Waals surface area contributed by atoms with Gasteiger partial charge in [-0.25, -0.2) is 4.99 Å². The van der Waals surface area contributed by atoms with Crippen LogP contribution in [0.5, 0.6) is 0 Å². The van der Waals surface area contributed by atoms with Crippen LogP contribution in [-0.4, -0.2) is 67.6 Å². The Morgan fingerprint density at radius 3 is 2.15 bits per heavy atom. The Balaban J connectivity index is 1.58. The van der Waals surface area contributed by atoms with Crippen molar-refractivity contribution in [1.29, 1.82) is 0 Å². The van der Waals surface area contributed by atoms with E-state index in [2.05, 4.69) is 4.98 Å². The van der Waals surface area contributed by atoms with Crippen molar-refractivity contribution >= 4 is 46.2 Å². The number of alkyl halides is 3. The molecular weight excluding hydrogens is 633 g/mol. The Morgan fingerprint density at radius 2 is 1.60 bits per heavy atom. The SMILES string of the molecule is CC(C)(C)OC(=O)[N+]1(C(=O)OC(C)(C)C)[C@@H](Cc2ccc(C(F)(F)F)cc2)CN1C1=NC(C)(C=O)C(c2ccc3cnccc3c2)S1. The van der Waals surface area contributed by atoms with Crippen LogP contribution in [0.3, 0.4) is 0 Å². The van der Waals surface area contributed by atoms with Gasteiger partial charge in [-0.2, -0.15) is 27.8 Å². The fraction of sp³-hybridized carbons (Fsp3) is 0.441. The lowest BCUT2D eigenvalue weighted by Crippen LogP contribution is -2.84. The van der Waals surface area contributed by atoms with Crippen molar-refractivity contribution in [2.75, 3.05) is 6.54 Å². The number of pyridine rings is 1. The average molecular weight is 672 g/mol. The molecule has 0 N–H and O–H groups in total. The number of hydrogen-bond acceptors (Lipinski definition) is 9. The number of carbonyl (C=O) groups excluding carboxylic acids is 3. The van der Waals surface area contributed by atoms with Crippen molar-refractivity contribution < 1.29 is 41.6 Å². The zero-order chi connectivity index (χ0) is 34.6. The summed E-state index contributed by atoms with van der Waals surface area (Å²) < 4.78 is 50.5. The molecule has 1 saturated heterocycles. The van der Waals surface area contributed by atoms with E-state index in [-0.39, 0.29) is 18.1 Å². The van der Waals surface area contributed by atoms with Crippen molar-refractivity contribution in [1.82, 2.24) is 9.99 Å². The van der Waals surface area contributed by atoms with Crippen molar-refractivity contribution in [2.45, 2.75) is 89.1 Å². The number of amidine groups is 1. The first kappa shape index (κ1) is 34.4. The molecule has 0 bridgehead atoms. The number of amides is 2. The summed E-state index contributed by atoms with van der Waals surface area (Å²) in [6.45, 7) is 11.8. The van der Waals surface area contributed by atoms with Gasteiger partial charge in [-0.3, -0.25) is 4.98 Å². The molecule has 0 aliphatic carbocycles. The van der Waals surface area contributed by atoms with Gasteiger partial charge >= 0.3 is 18.4 Å². The van der Waals surface area contributed by atoms with Crippen LogP contribution >= 0.6 is 11.8 Å². The summed E-state index contributed by atoms with van der Waals surface area (Å²) in [7, 11) is 0. The average Bonchev–Trinajstić information content (AvgIpc) is 3.29. The number of imide groups is 1. The van der Waals surface area contributed by atoms with Gasteiger partial charge in [0.15, 0.2) is 6.04 Å². The topological polar surface area (TPSA) is 98.2 Å². The number of rotatable bonds is 4. The number of carbonyl (C=O) groups is 3. The normalized spacial score (nSPS) is 22.8. The van der Waals surface area contributed by atoms with E-state index in [1.807, 2.05) is 24.3 Å². The fourth-order valence-corrected chi connectivity index (χ4v) is 7.10. The second-order valence-electron chi connectivity index (χ2n) is 14.0. The number of aldehydes is 1. The molecule has 2 aliphatic heterocycles. The van der Waals surface area contributed by atoms with Crippen LogP contribution in [0.25, 0.3) is 10.8 Å². The largest absolute Gasteiger partial charge is 0.553 e. The van der Waals surface area contributed by atoms with Gasteiger partial charge in [0.1, 0.15) is 29.6 Å². The van der Waals surface area contributed by atoms with E-state index in [0.717, 1.165) is 34.8 Å². The summed E-state index contributed by atoms with van der Waals surface area (Å²) in [6.07, 6.45) is -2.13. The predicted molar refractivity (Wildman–Crippen MR) is 172 cm³/mol. The third-order valence-corrected chi connectivity index (χ3v) is 9.40. The molecule has 1 fully saturated rings. The van der Waals surface area contributed by atoms with Crippen LogP contribution in [0.2, 0.25) is 0 Å². The Labute approximate surface area is 275 Å². The number of benzene rings is 2. The van der Waals surface area contributed by atoms with Gasteiger partial charge < -0.3 is 14.3 Å². The highest BCUT2D eigenvalue weighted by atomic mass is 32.2. The maximum absolute atomic E-state index is 14.3. The molecule has 250 valence electrons. The molecule has 3 aromatic rings. The fourth-order valence-electron chi connectivity index (χ4n) is 5.68. The smallest absolute Gasteiger partial charge is 0.412 e. The van der Waals surface area contributed by atoms with Gasteiger partial charge in [-0.15, -0.1) is 0 Å². The van der Waals surface area contributed by atoms with Crippen LogP contribution in [0.15, 0.2) is 65.9 Å². The van der Waals surface area contributed by atoms with Gasteiger partial charge in [0.25, 0.3) is 0 Å². The Hall–Kier alpha value is -3.97. The molecule has 0 saturated carbocycles.